The molecule has 0 fully saturated rings. The Bertz CT molecular complexity index is 419. The first-order valence-corrected chi connectivity index (χ1v) is 5.68. The van der Waals surface area contributed by atoms with Crippen molar-refractivity contribution >= 4 is 11.6 Å². The van der Waals surface area contributed by atoms with Crippen LogP contribution >= 0.6 is 0 Å². The van der Waals surface area contributed by atoms with Crippen molar-refractivity contribution < 1.29 is 4.79 Å². The lowest BCUT2D eigenvalue weighted by molar-refractivity contribution is -0.129. The second-order valence-electron chi connectivity index (χ2n) is 5.49. The van der Waals surface area contributed by atoms with Crippen molar-refractivity contribution in [3.05, 3.63) is 23.9 Å². The van der Waals surface area contributed by atoms with E-state index in [1.165, 1.54) is 0 Å². The van der Waals surface area contributed by atoms with Crippen molar-refractivity contribution in [1.82, 2.24) is 4.98 Å². The van der Waals surface area contributed by atoms with E-state index in [0.717, 1.165) is 5.56 Å². The highest BCUT2D eigenvalue weighted by atomic mass is 16.1. The first-order valence-electron chi connectivity index (χ1n) is 5.68. The Morgan fingerprint density at radius 3 is 2.41 bits per heavy atom. The van der Waals surface area contributed by atoms with Crippen LogP contribution in [0.4, 0.5) is 5.82 Å². The Hall–Kier alpha value is -1.42. The van der Waals surface area contributed by atoms with Crippen molar-refractivity contribution in [3.8, 4) is 0 Å². The number of carbonyl (C=O) groups is 1. The van der Waals surface area contributed by atoms with E-state index in [4.69, 9.17) is 11.5 Å². The van der Waals surface area contributed by atoms with Crippen molar-refractivity contribution in [2.24, 2.45) is 11.1 Å². The van der Waals surface area contributed by atoms with Gasteiger partial charge in [0.1, 0.15) is 11.6 Å². The summed E-state index contributed by atoms with van der Waals surface area (Å²) in [4.78, 5) is 16.2. The molecule has 0 aliphatic carbocycles. The number of hydrogen-bond donors (Lipinski definition) is 2. The predicted octanol–water partition coefficient (Wildman–Crippen LogP) is 1.54. The van der Waals surface area contributed by atoms with Crippen molar-refractivity contribution in [3.63, 3.8) is 0 Å². The number of ketones is 1. The van der Waals surface area contributed by atoms with E-state index in [1.54, 1.807) is 12.3 Å². The van der Waals surface area contributed by atoms with Gasteiger partial charge in [0.25, 0.3) is 0 Å². The van der Waals surface area contributed by atoms with Crippen LogP contribution in [0.2, 0.25) is 0 Å². The fourth-order valence-corrected chi connectivity index (χ4v) is 1.35. The summed E-state index contributed by atoms with van der Waals surface area (Å²) in [5.74, 6) is 0.483. The molecule has 4 nitrogen and oxygen atoms in total. The van der Waals surface area contributed by atoms with Gasteiger partial charge in [0.05, 0.1) is 0 Å². The monoisotopic (exact) mass is 235 g/mol. The fourth-order valence-electron chi connectivity index (χ4n) is 1.35. The molecule has 0 saturated carbocycles. The number of anilines is 1. The zero-order valence-corrected chi connectivity index (χ0v) is 10.9. The third-order valence-corrected chi connectivity index (χ3v) is 3.59. The number of pyridine rings is 1. The van der Waals surface area contributed by atoms with E-state index >= 15 is 0 Å². The van der Waals surface area contributed by atoms with E-state index in [0.29, 0.717) is 5.82 Å². The quantitative estimate of drug-likeness (QED) is 0.829. The molecule has 0 unspecified atom stereocenters. The Morgan fingerprint density at radius 1 is 1.35 bits per heavy atom. The zero-order chi connectivity index (χ0) is 13.3. The molecule has 4 N–H and O–H groups in total. The summed E-state index contributed by atoms with van der Waals surface area (Å²) in [5.41, 5.74) is 11.4. The molecule has 0 aromatic carbocycles. The molecule has 4 heteroatoms. The molecule has 1 heterocycles. The first kappa shape index (κ1) is 13.6. The zero-order valence-electron chi connectivity index (χ0n) is 10.9. The maximum Gasteiger partial charge on any atom is 0.144 e. The van der Waals surface area contributed by atoms with Gasteiger partial charge in [0.15, 0.2) is 0 Å². The Morgan fingerprint density at radius 2 is 1.94 bits per heavy atom. The van der Waals surface area contributed by atoms with Gasteiger partial charge in [-0.15, -0.1) is 0 Å². The van der Waals surface area contributed by atoms with Gasteiger partial charge in [-0.2, -0.15) is 0 Å². The summed E-state index contributed by atoms with van der Waals surface area (Å²) in [5, 5.41) is 0. The summed E-state index contributed by atoms with van der Waals surface area (Å²) in [6, 6.07) is 3.60. The highest BCUT2D eigenvalue weighted by Gasteiger charge is 2.39. The van der Waals surface area contributed by atoms with E-state index in [1.807, 2.05) is 33.8 Å². The second kappa shape index (κ2) is 4.45. The molecule has 0 aliphatic heterocycles. The van der Waals surface area contributed by atoms with Crippen molar-refractivity contribution in [2.75, 3.05) is 5.73 Å². The highest BCUT2D eigenvalue weighted by molar-refractivity contribution is 5.88. The average molecular weight is 235 g/mol. The van der Waals surface area contributed by atoms with Gasteiger partial charge >= 0.3 is 0 Å². The molecule has 1 aromatic heterocycles. The number of rotatable bonds is 4. The number of aromatic nitrogens is 1. The molecule has 17 heavy (non-hydrogen) atoms. The summed E-state index contributed by atoms with van der Waals surface area (Å²) in [6.45, 7) is 7.44. The molecular formula is C13H21N3O. The topological polar surface area (TPSA) is 82.0 Å². The molecule has 0 bridgehead atoms. The van der Waals surface area contributed by atoms with Crippen LogP contribution in [-0.4, -0.2) is 16.3 Å². The van der Waals surface area contributed by atoms with Crippen molar-refractivity contribution in [2.45, 2.75) is 39.7 Å². The number of carbonyl (C=O) groups excluding carboxylic acids is 1. The van der Waals surface area contributed by atoms with Crippen LogP contribution in [0.1, 0.15) is 33.3 Å². The van der Waals surface area contributed by atoms with Crippen LogP contribution < -0.4 is 11.5 Å². The molecule has 1 aromatic rings. The molecule has 0 aliphatic rings. The number of hydrogen-bond acceptors (Lipinski definition) is 4. The standard InChI is InChI=1S/C13H21N3O/c1-12(2,13(3,4)15)10(17)8-9-6-5-7-16-11(9)14/h5-7H,8,15H2,1-4H3,(H2,14,16). The Balaban J connectivity index is 2.91. The molecule has 0 atom stereocenters. The number of nitrogens with zero attached hydrogens (tertiary/aromatic N) is 1. The minimum atomic E-state index is -0.602. The smallest absolute Gasteiger partial charge is 0.144 e. The van der Waals surface area contributed by atoms with Gasteiger partial charge in [-0.05, 0) is 19.9 Å². The first-order chi connectivity index (χ1) is 7.66. The lowest BCUT2D eigenvalue weighted by Crippen LogP contribution is -2.52. The summed E-state index contributed by atoms with van der Waals surface area (Å²) >= 11 is 0. The van der Waals surface area contributed by atoms with Crippen LogP contribution in [0.15, 0.2) is 18.3 Å². The lowest BCUT2D eigenvalue weighted by atomic mass is 9.71. The largest absolute Gasteiger partial charge is 0.383 e. The number of nitrogen functional groups attached to an aromatic ring is 1. The van der Waals surface area contributed by atoms with Crippen molar-refractivity contribution in [1.29, 1.82) is 0 Å². The third-order valence-electron chi connectivity index (χ3n) is 3.59. The van der Waals surface area contributed by atoms with Crippen LogP contribution in [0.3, 0.4) is 0 Å². The predicted molar refractivity (Wildman–Crippen MR) is 69.4 cm³/mol. The molecule has 0 spiro atoms. The molecule has 1 rings (SSSR count). The average Bonchev–Trinajstić information content (AvgIpc) is 2.19. The Kier molecular flexibility index (Phi) is 3.57. The van der Waals surface area contributed by atoms with E-state index in [9.17, 15) is 4.79 Å². The van der Waals surface area contributed by atoms with E-state index in [2.05, 4.69) is 4.98 Å². The van der Waals surface area contributed by atoms with Crippen LogP contribution in [0.5, 0.6) is 0 Å². The van der Waals surface area contributed by atoms with E-state index in [-0.39, 0.29) is 12.2 Å². The number of nitrogens with two attached hydrogens (primary N) is 2. The van der Waals surface area contributed by atoms with Crippen LogP contribution in [0, 0.1) is 5.41 Å². The Labute approximate surface area is 102 Å². The minimum Gasteiger partial charge on any atom is -0.383 e. The van der Waals surface area contributed by atoms with E-state index < -0.39 is 11.0 Å². The summed E-state index contributed by atoms with van der Waals surface area (Å²) < 4.78 is 0. The molecule has 0 amide bonds. The second-order valence-corrected chi connectivity index (χ2v) is 5.49. The van der Waals surface area contributed by atoms with Gasteiger partial charge in [0, 0.05) is 29.1 Å². The molecule has 94 valence electrons. The van der Waals surface area contributed by atoms with Gasteiger partial charge in [-0.3, -0.25) is 4.79 Å². The number of Topliss-reactive ketones (excluding diaryl/α,β-unsaturated/α-hetero) is 1. The maximum atomic E-state index is 12.3. The highest BCUT2D eigenvalue weighted by Crippen LogP contribution is 2.31. The van der Waals surface area contributed by atoms with Crippen LogP contribution in [-0.2, 0) is 11.2 Å². The van der Waals surface area contributed by atoms with Gasteiger partial charge in [0.2, 0.25) is 0 Å². The van der Waals surface area contributed by atoms with Gasteiger partial charge in [-0.1, -0.05) is 19.9 Å². The fraction of sp³-hybridized carbons (Fsp3) is 0.538. The minimum absolute atomic E-state index is 0.0738. The van der Waals surface area contributed by atoms with Gasteiger partial charge < -0.3 is 11.5 Å². The summed E-state index contributed by atoms with van der Waals surface area (Å²) in [7, 11) is 0. The third kappa shape index (κ3) is 2.82. The van der Waals surface area contributed by atoms with Crippen LogP contribution in [0.25, 0.3) is 0 Å². The maximum absolute atomic E-state index is 12.3. The summed E-state index contributed by atoms with van der Waals surface area (Å²) in [6.07, 6.45) is 1.88. The lowest BCUT2D eigenvalue weighted by Gasteiger charge is -2.37. The SMILES string of the molecule is CC(C)(N)C(C)(C)C(=O)Cc1cccnc1N. The normalized spacial score (nSPS) is 12.5. The molecule has 0 radical (unpaired) electrons. The van der Waals surface area contributed by atoms with Gasteiger partial charge in [-0.25, -0.2) is 4.98 Å². The molecular weight excluding hydrogens is 214 g/mol. The molecule has 0 saturated heterocycles.